The second-order valence-corrected chi connectivity index (χ2v) is 6.47. The fraction of sp³-hybridized carbons (Fsp3) is 0.200. The van der Waals surface area contributed by atoms with Crippen LogP contribution in [0.4, 0.5) is 0 Å². The molecule has 134 valence electrons. The molecule has 0 aliphatic rings. The lowest BCUT2D eigenvalue weighted by molar-refractivity contribution is -0.141. The van der Waals surface area contributed by atoms with Crippen molar-refractivity contribution in [2.45, 2.75) is 12.5 Å². The van der Waals surface area contributed by atoms with Crippen molar-refractivity contribution in [2.75, 3.05) is 7.11 Å². The number of halogens is 1. The van der Waals surface area contributed by atoms with Crippen LogP contribution in [0.3, 0.4) is 0 Å². The van der Waals surface area contributed by atoms with Gasteiger partial charge >= 0.3 is 5.97 Å². The summed E-state index contributed by atoms with van der Waals surface area (Å²) in [5, 5.41) is 4.39. The molecule has 1 heterocycles. The van der Waals surface area contributed by atoms with E-state index in [2.05, 4.69) is 5.32 Å². The minimum atomic E-state index is -0.508. The van der Waals surface area contributed by atoms with Crippen molar-refractivity contribution >= 4 is 34.4 Å². The number of ether oxygens (including phenoxy) is 1. The maximum absolute atomic E-state index is 12.9. The van der Waals surface area contributed by atoms with Gasteiger partial charge in [-0.2, -0.15) is 0 Å². The van der Waals surface area contributed by atoms with Crippen LogP contribution in [0.1, 0.15) is 28.4 Å². The van der Waals surface area contributed by atoms with E-state index in [0.29, 0.717) is 10.6 Å². The highest BCUT2D eigenvalue weighted by Gasteiger charge is 2.21. The van der Waals surface area contributed by atoms with Crippen LogP contribution >= 0.6 is 11.6 Å². The lowest BCUT2D eigenvalue weighted by Gasteiger charge is -2.18. The number of aryl methyl sites for hydroxylation is 1. The number of aromatic nitrogens is 1. The van der Waals surface area contributed by atoms with Crippen LogP contribution in [0.5, 0.6) is 0 Å². The third-order valence-electron chi connectivity index (χ3n) is 4.32. The molecule has 0 spiro atoms. The maximum Gasteiger partial charge on any atom is 0.307 e. The number of nitrogens with one attached hydrogen (secondary N) is 1. The zero-order chi connectivity index (χ0) is 18.7. The summed E-state index contributed by atoms with van der Waals surface area (Å²) in [5.74, 6) is -0.645. The van der Waals surface area contributed by atoms with Crippen LogP contribution in [0, 0.1) is 0 Å². The number of esters is 1. The first-order valence-corrected chi connectivity index (χ1v) is 8.54. The Morgan fingerprint density at radius 1 is 1.15 bits per heavy atom. The van der Waals surface area contributed by atoms with Gasteiger partial charge in [0, 0.05) is 29.2 Å². The summed E-state index contributed by atoms with van der Waals surface area (Å²) in [5.41, 5.74) is 2.31. The summed E-state index contributed by atoms with van der Waals surface area (Å²) in [6, 6.07) is 14.2. The first kappa shape index (κ1) is 18.0. The highest BCUT2D eigenvalue weighted by Crippen LogP contribution is 2.24. The largest absolute Gasteiger partial charge is 0.469 e. The minimum absolute atomic E-state index is 0.0363. The van der Waals surface area contributed by atoms with Crippen LogP contribution in [-0.2, 0) is 16.6 Å². The molecule has 5 nitrogen and oxygen atoms in total. The summed E-state index contributed by atoms with van der Waals surface area (Å²) < 4.78 is 6.67. The number of rotatable bonds is 5. The molecule has 0 aliphatic heterocycles. The minimum Gasteiger partial charge on any atom is -0.469 e. The van der Waals surface area contributed by atoms with E-state index in [1.807, 2.05) is 35.9 Å². The number of amides is 1. The summed E-state index contributed by atoms with van der Waals surface area (Å²) >= 11 is 5.94. The Labute approximate surface area is 156 Å². The Bertz CT molecular complexity index is 947. The van der Waals surface area contributed by atoms with Crippen molar-refractivity contribution < 1.29 is 14.3 Å². The molecule has 2 aromatic carbocycles. The van der Waals surface area contributed by atoms with Crippen molar-refractivity contribution in [3.05, 3.63) is 70.9 Å². The van der Waals surface area contributed by atoms with Crippen molar-refractivity contribution in [1.82, 2.24) is 9.88 Å². The number of hydrogen-bond donors (Lipinski definition) is 1. The summed E-state index contributed by atoms with van der Waals surface area (Å²) in [6.45, 7) is 0. The van der Waals surface area contributed by atoms with Gasteiger partial charge in [-0.3, -0.25) is 9.59 Å². The van der Waals surface area contributed by atoms with E-state index in [9.17, 15) is 9.59 Å². The van der Waals surface area contributed by atoms with E-state index in [4.69, 9.17) is 16.3 Å². The van der Waals surface area contributed by atoms with Crippen LogP contribution in [0.25, 0.3) is 10.9 Å². The van der Waals surface area contributed by atoms with Gasteiger partial charge in [-0.1, -0.05) is 41.9 Å². The number of benzene rings is 2. The van der Waals surface area contributed by atoms with E-state index < -0.39 is 12.0 Å². The van der Waals surface area contributed by atoms with E-state index in [1.165, 1.54) is 7.11 Å². The standard InChI is InChI=1S/C20H19ClN2O3/c1-23-12-16(15-5-3-4-6-18(15)23)20(25)22-17(11-19(24)26-2)13-7-9-14(21)10-8-13/h3-10,12,17H,11H2,1-2H3,(H,22,25). The first-order valence-electron chi connectivity index (χ1n) is 8.17. The Kier molecular flexibility index (Phi) is 5.28. The lowest BCUT2D eigenvalue weighted by atomic mass is 10.0. The monoisotopic (exact) mass is 370 g/mol. The van der Waals surface area contributed by atoms with Gasteiger partial charge in [0.25, 0.3) is 5.91 Å². The highest BCUT2D eigenvalue weighted by atomic mass is 35.5. The van der Waals surface area contributed by atoms with Crippen molar-refractivity contribution in [2.24, 2.45) is 7.05 Å². The Hall–Kier alpha value is -2.79. The molecule has 1 unspecified atom stereocenters. The van der Waals surface area contributed by atoms with Crippen molar-refractivity contribution in [3.63, 3.8) is 0 Å². The number of fused-ring (bicyclic) bond motifs is 1. The van der Waals surface area contributed by atoms with Crippen LogP contribution < -0.4 is 5.32 Å². The third-order valence-corrected chi connectivity index (χ3v) is 4.57. The van der Waals surface area contributed by atoms with E-state index >= 15 is 0 Å². The van der Waals surface area contributed by atoms with E-state index in [-0.39, 0.29) is 12.3 Å². The molecule has 0 radical (unpaired) electrons. The molecule has 1 amide bonds. The van der Waals surface area contributed by atoms with Gasteiger partial charge < -0.3 is 14.6 Å². The average Bonchev–Trinajstić information content (AvgIpc) is 2.99. The number of carbonyl (C=O) groups excluding carboxylic acids is 2. The normalized spacial score (nSPS) is 12.0. The van der Waals surface area contributed by atoms with Gasteiger partial charge in [-0.15, -0.1) is 0 Å². The second-order valence-electron chi connectivity index (χ2n) is 6.03. The predicted octanol–water partition coefficient (Wildman–Crippen LogP) is 3.87. The van der Waals surface area contributed by atoms with Crippen LogP contribution in [0.2, 0.25) is 5.02 Å². The van der Waals surface area contributed by atoms with Gasteiger partial charge in [-0.25, -0.2) is 0 Å². The third kappa shape index (κ3) is 3.73. The molecule has 3 aromatic rings. The molecule has 0 bridgehead atoms. The maximum atomic E-state index is 12.9. The summed E-state index contributed by atoms with van der Waals surface area (Å²) in [4.78, 5) is 24.7. The molecular formula is C20H19ClN2O3. The predicted molar refractivity (Wildman–Crippen MR) is 101 cm³/mol. The SMILES string of the molecule is COC(=O)CC(NC(=O)c1cn(C)c2ccccc12)c1ccc(Cl)cc1. The molecule has 0 fully saturated rings. The number of nitrogens with zero attached hydrogens (tertiary/aromatic N) is 1. The molecule has 1 N–H and O–H groups in total. The van der Waals surface area contributed by atoms with Gasteiger partial charge in [0.1, 0.15) is 0 Å². The van der Waals surface area contributed by atoms with E-state index in [0.717, 1.165) is 16.5 Å². The van der Waals surface area contributed by atoms with Gasteiger partial charge in [-0.05, 0) is 23.8 Å². The summed E-state index contributed by atoms with van der Waals surface area (Å²) in [6.07, 6.45) is 1.83. The fourth-order valence-corrected chi connectivity index (χ4v) is 3.08. The molecular weight excluding hydrogens is 352 g/mol. The van der Waals surface area contributed by atoms with Gasteiger partial charge in [0.2, 0.25) is 0 Å². The Morgan fingerprint density at radius 3 is 2.54 bits per heavy atom. The number of hydrogen-bond acceptors (Lipinski definition) is 3. The smallest absolute Gasteiger partial charge is 0.307 e. The second kappa shape index (κ2) is 7.62. The van der Waals surface area contributed by atoms with Crippen LogP contribution in [-0.4, -0.2) is 23.6 Å². The molecule has 0 saturated heterocycles. The molecule has 26 heavy (non-hydrogen) atoms. The molecule has 6 heteroatoms. The highest BCUT2D eigenvalue weighted by molar-refractivity contribution is 6.30. The Balaban J connectivity index is 1.91. The van der Waals surface area contributed by atoms with Gasteiger partial charge in [0.05, 0.1) is 25.1 Å². The number of methoxy groups -OCH3 is 1. The lowest BCUT2D eigenvalue weighted by Crippen LogP contribution is -2.30. The Morgan fingerprint density at radius 2 is 1.85 bits per heavy atom. The van der Waals surface area contributed by atoms with Crippen molar-refractivity contribution in [3.8, 4) is 0 Å². The topological polar surface area (TPSA) is 60.3 Å². The average molecular weight is 371 g/mol. The molecule has 0 aliphatic carbocycles. The molecule has 3 rings (SSSR count). The van der Waals surface area contributed by atoms with Gasteiger partial charge in [0.15, 0.2) is 0 Å². The van der Waals surface area contributed by atoms with Crippen molar-refractivity contribution in [1.29, 1.82) is 0 Å². The quantitative estimate of drug-likeness (QED) is 0.693. The summed E-state index contributed by atoms with van der Waals surface area (Å²) in [7, 11) is 3.22. The zero-order valence-electron chi connectivity index (χ0n) is 14.5. The fourth-order valence-electron chi connectivity index (χ4n) is 2.96. The van der Waals surface area contributed by atoms with E-state index in [1.54, 1.807) is 30.5 Å². The molecule has 1 aromatic heterocycles. The first-order chi connectivity index (χ1) is 12.5. The molecule has 0 saturated carbocycles. The number of para-hydroxylation sites is 1. The number of carbonyl (C=O) groups is 2. The zero-order valence-corrected chi connectivity index (χ0v) is 15.3. The molecule has 1 atom stereocenters. The van der Waals surface area contributed by atoms with Crippen LogP contribution in [0.15, 0.2) is 54.7 Å².